The van der Waals surface area contributed by atoms with Gasteiger partial charge in [0, 0.05) is 35.6 Å². The summed E-state index contributed by atoms with van der Waals surface area (Å²) >= 11 is 0. The summed E-state index contributed by atoms with van der Waals surface area (Å²) in [5.74, 6) is -2.67. The van der Waals surface area contributed by atoms with Crippen molar-refractivity contribution in [3.8, 4) is 0 Å². The van der Waals surface area contributed by atoms with Crippen LogP contribution in [0.2, 0.25) is 0 Å². The Morgan fingerprint density at radius 2 is 0.953 bits per heavy atom. The Labute approximate surface area is 249 Å². The summed E-state index contributed by atoms with van der Waals surface area (Å²) in [6.07, 6.45) is 0.407. The summed E-state index contributed by atoms with van der Waals surface area (Å²) in [6, 6.07) is 29.6. The van der Waals surface area contributed by atoms with E-state index in [1.165, 1.54) is 6.92 Å². The minimum absolute atomic E-state index is 0.0558. The topological polar surface area (TPSA) is 164 Å². The standard InChI is InChI=1S/C18H17NO4.C16H15NO3/c1-12(20)19-16(18(22)23)11-13-7-9-15(10-8-13)17(21)14-5-3-2-4-6-14;17-14(16(19)20)10-11-6-8-13(9-7-11)15(18)12-4-2-1-3-5-12/h2-10,16H,11H2,1H3,(H,19,20)(H,22,23);1-9,14H,10,17H2,(H,19,20). The average molecular weight is 581 g/mol. The molecular formula is C34H32N2O7. The smallest absolute Gasteiger partial charge is 0.326 e. The van der Waals surface area contributed by atoms with Crippen molar-refractivity contribution in [1.29, 1.82) is 0 Å². The number of nitrogens with two attached hydrogens (primary N) is 1. The first-order valence-electron chi connectivity index (χ1n) is 13.4. The van der Waals surface area contributed by atoms with Gasteiger partial charge in [-0.3, -0.25) is 19.2 Å². The van der Waals surface area contributed by atoms with E-state index in [0.29, 0.717) is 22.3 Å². The molecule has 4 rings (SSSR count). The van der Waals surface area contributed by atoms with Gasteiger partial charge in [0.2, 0.25) is 5.91 Å². The highest BCUT2D eigenvalue weighted by Crippen LogP contribution is 2.14. The summed E-state index contributed by atoms with van der Waals surface area (Å²) in [6.45, 7) is 1.28. The summed E-state index contributed by atoms with van der Waals surface area (Å²) < 4.78 is 0. The molecule has 43 heavy (non-hydrogen) atoms. The van der Waals surface area contributed by atoms with E-state index in [0.717, 1.165) is 11.1 Å². The highest BCUT2D eigenvalue weighted by Gasteiger charge is 2.19. The van der Waals surface area contributed by atoms with Gasteiger partial charge in [0.05, 0.1) is 0 Å². The van der Waals surface area contributed by atoms with Crippen LogP contribution in [0.5, 0.6) is 0 Å². The third-order valence-electron chi connectivity index (χ3n) is 6.39. The predicted octanol–water partition coefficient (Wildman–Crippen LogP) is 3.92. The Kier molecular flexibility index (Phi) is 11.6. The van der Waals surface area contributed by atoms with E-state index in [2.05, 4.69) is 5.32 Å². The number of ketones is 2. The molecule has 0 aromatic heterocycles. The Bertz CT molecular complexity index is 1550. The Morgan fingerprint density at radius 3 is 1.30 bits per heavy atom. The first kappa shape index (κ1) is 32.1. The number of aliphatic carboxylic acids is 2. The molecule has 0 saturated heterocycles. The van der Waals surface area contributed by atoms with Gasteiger partial charge in [-0.15, -0.1) is 0 Å². The summed E-state index contributed by atoms with van der Waals surface area (Å²) in [5.41, 5.74) is 9.33. The van der Waals surface area contributed by atoms with Crippen LogP contribution < -0.4 is 11.1 Å². The quantitative estimate of drug-likeness (QED) is 0.194. The molecule has 2 atom stereocenters. The van der Waals surface area contributed by atoms with E-state index in [9.17, 15) is 24.0 Å². The molecule has 0 aliphatic heterocycles. The minimum atomic E-state index is -1.09. The summed E-state index contributed by atoms with van der Waals surface area (Å²) in [4.78, 5) is 57.3. The third-order valence-corrected chi connectivity index (χ3v) is 6.39. The maximum absolute atomic E-state index is 12.3. The van der Waals surface area contributed by atoms with Crippen LogP contribution in [0.25, 0.3) is 0 Å². The van der Waals surface area contributed by atoms with Gasteiger partial charge in [0.15, 0.2) is 11.6 Å². The molecule has 0 aliphatic carbocycles. The van der Waals surface area contributed by atoms with Crippen LogP contribution in [0.3, 0.4) is 0 Å². The Hall–Kier alpha value is -5.41. The van der Waals surface area contributed by atoms with E-state index >= 15 is 0 Å². The van der Waals surface area contributed by atoms with Crippen molar-refractivity contribution in [3.05, 3.63) is 143 Å². The van der Waals surface area contributed by atoms with Gasteiger partial charge < -0.3 is 21.3 Å². The first-order valence-corrected chi connectivity index (χ1v) is 13.4. The zero-order valence-electron chi connectivity index (χ0n) is 23.5. The maximum atomic E-state index is 12.3. The van der Waals surface area contributed by atoms with E-state index in [1.807, 2.05) is 24.3 Å². The largest absolute Gasteiger partial charge is 0.480 e. The molecule has 4 aromatic carbocycles. The minimum Gasteiger partial charge on any atom is -0.480 e. The van der Waals surface area contributed by atoms with Gasteiger partial charge in [-0.1, -0.05) is 109 Å². The van der Waals surface area contributed by atoms with Gasteiger partial charge in [0.1, 0.15) is 12.1 Å². The highest BCUT2D eigenvalue weighted by atomic mass is 16.4. The number of carbonyl (C=O) groups is 5. The molecule has 2 unspecified atom stereocenters. The number of carbonyl (C=O) groups excluding carboxylic acids is 3. The monoisotopic (exact) mass is 580 g/mol. The number of carboxylic acid groups (broad SMARTS) is 2. The van der Waals surface area contributed by atoms with Crippen molar-refractivity contribution in [2.75, 3.05) is 0 Å². The lowest BCUT2D eigenvalue weighted by molar-refractivity contribution is -0.141. The third kappa shape index (κ3) is 9.87. The molecule has 5 N–H and O–H groups in total. The van der Waals surface area contributed by atoms with E-state index in [1.54, 1.807) is 84.9 Å². The van der Waals surface area contributed by atoms with Crippen LogP contribution in [0.1, 0.15) is 49.9 Å². The second kappa shape index (κ2) is 15.6. The van der Waals surface area contributed by atoms with Crippen LogP contribution in [0.4, 0.5) is 0 Å². The fraction of sp³-hybridized carbons (Fsp3) is 0.147. The molecule has 9 heteroatoms. The van der Waals surface area contributed by atoms with Gasteiger partial charge in [-0.2, -0.15) is 0 Å². The SMILES string of the molecule is CC(=O)NC(Cc1ccc(C(=O)c2ccccc2)cc1)C(=O)O.NC(Cc1ccc(C(=O)c2ccccc2)cc1)C(=O)O. The molecule has 0 bridgehead atoms. The van der Waals surface area contributed by atoms with Crippen LogP contribution >= 0.6 is 0 Å². The fourth-order valence-corrected chi connectivity index (χ4v) is 4.12. The molecule has 0 saturated carbocycles. The van der Waals surface area contributed by atoms with E-state index in [-0.39, 0.29) is 24.4 Å². The zero-order valence-corrected chi connectivity index (χ0v) is 23.5. The molecule has 0 spiro atoms. The van der Waals surface area contributed by atoms with Gasteiger partial charge in [-0.05, 0) is 17.5 Å². The van der Waals surface area contributed by atoms with Crippen molar-refractivity contribution in [2.24, 2.45) is 5.73 Å². The Balaban J connectivity index is 0.000000238. The fourth-order valence-electron chi connectivity index (χ4n) is 4.12. The molecule has 1 amide bonds. The van der Waals surface area contributed by atoms with Gasteiger partial charge in [-0.25, -0.2) is 4.79 Å². The number of benzene rings is 4. The lowest BCUT2D eigenvalue weighted by atomic mass is 9.99. The number of hydrogen-bond donors (Lipinski definition) is 4. The first-order chi connectivity index (χ1) is 20.5. The predicted molar refractivity (Wildman–Crippen MR) is 161 cm³/mol. The van der Waals surface area contributed by atoms with Gasteiger partial charge >= 0.3 is 11.9 Å². The summed E-state index contributed by atoms with van der Waals surface area (Å²) in [5, 5.41) is 20.2. The van der Waals surface area contributed by atoms with E-state index < -0.39 is 29.9 Å². The second-order valence-corrected chi connectivity index (χ2v) is 9.73. The lowest BCUT2D eigenvalue weighted by Gasteiger charge is -2.13. The Morgan fingerprint density at radius 1 is 0.581 bits per heavy atom. The van der Waals surface area contributed by atoms with Crippen molar-refractivity contribution in [2.45, 2.75) is 31.8 Å². The van der Waals surface area contributed by atoms with Crippen molar-refractivity contribution in [1.82, 2.24) is 5.32 Å². The number of rotatable bonds is 11. The van der Waals surface area contributed by atoms with Crippen LogP contribution in [-0.4, -0.2) is 51.7 Å². The van der Waals surface area contributed by atoms with Crippen LogP contribution in [0, 0.1) is 0 Å². The second-order valence-electron chi connectivity index (χ2n) is 9.73. The number of amides is 1. The highest BCUT2D eigenvalue weighted by molar-refractivity contribution is 6.09. The lowest BCUT2D eigenvalue weighted by Crippen LogP contribution is -2.41. The molecule has 9 nitrogen and oxygen atoms in total. The molecule has 0 fully saturated rings. The van der Waals surface area contributed by atoms with Crippen LogP contribution in [0.15, 0.2) is 109 Å². The molecule has 0 radical (unpaired) electrons. The average Bonchev–Trinajstić information content (AvgIpc) is 3.01. The molecule has 0 aliphatic rings. The maximum Gasteiger partial charge on any atom is 0.326 e. The zero-order chi connectivity index (χ0) is 31.4. The van der Waals surface area contributed by atoms with Crippen LogP contribution in [-0.2, 0) is 27.2 Å². The number of nitrogens with one attached hydrogen (secondary N) is 1. The molecular weight excluding hydrogens is 548 g/mol. The number of carboxylic acids is 2. The van der Waals surface area contributed by atoms with Crippen molar-refractivity contribution < 1.29 is 34.2 Å². The van der Waals surface area contributed by atoms with Crippen molar-refractivity contribution in [3.63, 3.8) is 0 Å². The summed E-state index contributed by atoms with van der Waals surface area (Å²) in [7, 11) is 0. The van der Waals surface area contributed by atoms with Crippen molar-refractivity contribution >= 4 is 29.4 Å². The van der Waals surface area contributed by atoms with Gasteiger partial charge in [0.25, 0.3) is 0 Å². The molecule has 220 valence electrons. The molecule has 0 heterocycles. The molecule has 4 aromatic rings. The normalized spacial score (nSPS) is 11.7. The van der Waals surface area contributed by atoms with E-state index in [4.69, 9.17) is 15.9 Å². The number of hydrogen-bond acceptors (Lipinski definition) is 6.